The molecule has 2 saturated carbocycles. The maximum atomic E-state index is 15.7. The molecule has 2 fully saturated rings. The van der Waals surface area contributed by atoms with Crippen LogP contribution in [0.25, 0.3) is 5.57 Å². The summed E-state index contributed by atoms with van der Waals surface area (Å²) < 4.78 is 62.2. The van der Waals surface area contributed by atoms with Crippen molar-refractivity contribution in [2.45, 2.75) is 109 Å². The predicted octanol–water partition coefficient (Wildman–Crippen LogP) is 8.38. The fraction of sp³-hybridized carbons (Fsp3) is 0.677. The van der Waals surface area contributed by atoms with Gasteiger partial charge in [-0.1, -0.05) is 51.7 Å². The fourth-order valence-corrected chi connectivity index (χ4v) is 7.05. The SMILES string of the molecule is CNC1CCC(c2cc3c(c(F)c2F)C2=C(C=C(C(CCC(C)C)CC4CCC4)C(F)C2F)C3)CC1. The molecule has 1 aromatic carbocycles. The number of fused-ring (bicyclic) bond motifs is 2. The van der Waals surface area contributed by atoms with Gasteiger partial charge in [0, 0.05) is 17.2 Å². The first kappa shape index (κ1) is 26.0. The van der Waals surface area contributed by atoms with E-state index in [4.69, 9.17) is 0 Å². The first-order valence-electron chi connectivity index (χ1n) is 14.2. The number of hydrogen-bond acceptors (Lipinski definition) is 1. The molecule has 0 spiro atoms. The van der Waals surface area contributed by atoms with Crippen molar-refractivity contribution in [1.29, 1.82) is 0 Å². The Hall–Kier alpha value is -1.62. The minimum Gasteiger partial charge on any atom is -0.317 e. The van der Waals surface area contributed by atoms with Crippen molar-refractivity contribution < 1.29 is 17.6 Å². The van der Waals surface area contributed by atoms with E-state index >= 15 is 17.6 Å². The smallest absolute Gasteiger partial charge is 0.167 e. The van der Waals surface area contributed by atoms with Crippen molar-refractivity contribution in [1.82, 2.24) is 5.32 Å². The molecule has 3 unspecified atom stereocenters. The second-order valence-corrected chi connectivity index (χ2v) is 12.2. The van der Waals surface area contributed by atoms with Crippen LogP contribution in [0, 0.1) is 29.4 Å². The molecule has 0 bridgehead atoms. The molecule has 0 saturated heterocycles. The summed E-state index contributed by atoms with van der Waals surface area (Å²) in [5, 5.41) is 3.28. The average Bonchev–Trinajstić information content (AvgIpc) is 3.21. The van der Waals surface area contributed by atoms with E-state index in [0.29, 0.717) is 46.6 Å². The normalized spacial score (nSPS) is 29.2. The summed E-state index contributed by atoms with van der Waals surface area (Å²) in [4.78, 5) is 0. The second-order valence-electron chi connectivity index (χ2n) is 12.2. The van der Waals surface area contributed by atoms with Gasteiger partial charge in [0.1, 0.15) is 0 Å². The zero-order chi connectivity index (χ0) is 25.6. The largest absolute Gasteiger partial charge is 0.317 e. The van der Waals surface area contributed by atoms with E-state index in [2.05, 4.69) is 19.2 Å². The van der Waals surface area contributed by atoms with Gasteiger partial charge in [-0.3, -0.25) is 0 Å². The molecule has 0 radical (unpaired) electrons. The van der Waals surface area contributed by atoms with Crippen LogP contribution in [-0.2, 0) is 6.42 Å². The lowest BCUT2D eigenvalue weighted by molar-refractivity contribution is 0.198. The van der Waals surface area contributed by atoms with E-state index in [0.717, 1.165) is 44.9 Å². The first-order chi connectivity index (χ1) is 17.3. The Balaban J connectivity index is 1.45. The second kappa shape index (κ2) is 10.6. The lowest BCUT2D eigenvalue weighted by Crippen LogP contribution is -2.31. The predicted molar refractivity (Wildman–Crippen MR) is 138 cm³/mol. The summed E-state index contributed by atoms with van der Waals surface area (Å²) in [5.41, 5.74) is 2.27. The Labute approximate surface area is 213 Å². The Bertz CT molecular complexity index is 1030. The van der Waals surface area contributed by atoms with Crippen molar-refractivity contribution in [2.75, 3.05) is 7.05 Å². The third-order valence-electron chi connectivity index (χ3n) is 9.49. The molecule has 0 heterocycles. The van der Waals surface area contributed by atoms with Crippen molar-refractivity contribution in [2.24, 2.45) is 17.8 Å². The van der Waals surface area contributed by atoms with Gasteiger partial charge in [-0.15, -0.1) is 0 Å². The first-order valence-corrected chi connectivity index (χ1v) is 14.2. The van der Waals surface area contributed by atoms with Crippen molar-refractivity contribution in [3.63, 3.8) is 0 Å². The summed E-state index contributed by atoms with van der Waals surface area (Å²) in [5.74, 6) is -0.772. The van der Waals surface area contributed by atoms with Crippen molar-refractivity contribution in [3.8, 4) is 0 Å². The van der Waals surface area contributed by atoms with Gasteiger partial charge in [-0.2, -0.15) is 0 Å². The topological polar surface area (TPSA) is 12.0 Å². The quantitative estimate of drug-likeness (QED) is 0.351. The number of alkyl halides is 2. The van der Waals surface area contributed by atoms with Crippen LogP contribution in [0.3, 0.4) is 0 Å². The molecule has 4 aliphatic rings. The highest BCUT2D eigenvalue weighted by atomic mass is 19.2. The lowest BCUT2D eigenvalue weighted by Gasteiger charge is -2.35. The number of halogens is 4. The van der Waals surface area contributed by atoms with Gasteiger partial charge in [0.15, 0.2) is 24.0 Å². The van der Waals surface area contributed by atoms with Gasteiger partial charge in [0.05, 0.1) is 0 Å². The summed E-state index contributed by atoms with van der Waals surface area (Å²) in [6.45, 7) is 4.32. The third kappa shape index (κ3) is 4.81. The fourth-order valence-electron chi connectivity index (χ4n) is 7.05. The minimum absolute atomic E-state index is 0.0154. The summed E-state index contributed by atoms with van der Waals surface area (Å²) >= 11 is 0. The highest BCUT2D eigenvalue weighted by molar-refractivity contribution is 5.84. The maximum Gasteiger partial charge on any atom is 0.167 e. The van der Waals surface area contributed by atoms with Crippen molar-refractivity contribution >= 4 is 5.57 Å². The standard InChI is InChI=1S/C31H41F4N/c1-17(2)7-8-20(13-18-5-4-6-18)25-16-22-14-21-15-24(19-9-11-23(36-3)12-10-19)28(32)30(34)26(21)27(22)31(35)29(25)33/h15-20,23,29,31,36H,4-14H2,1-3H3. The van der Waals surface area contributed by atoms with Crippen LogP contribution in [0.2, 0.25) is 0 Å². The Kier molecular flexibility index (Phi) is 7.68. The van der Waals surface area contributed by atoms with Gasteiger partial charge in [0.2, 0.25) is 0 Å². The van der Waals surface area contributed by atoms with E-state index in [9.17, 15) is 0 Å². The highest BCUT2D eigenvalue weighted by Gasteiger charge is 2.43. The zero-order valence-electron chi connectivity index (χ0n) is 22.0. The van der Waals surface area contributed by atoms with E-state index < -0.39 is 24.0 Å². The number of benzene rings is 1. The molecular formula is C31H41F4N. The van der Waals surface area contributed by atoms with Gasteiger partial charge < -0.3 is 5.32 Å². The molecule has 0 amide bonds. The van der Waals surface area contributed by atoms with Crippen LogP contribution in [0.15, 0.2) is 23.3 Å². The van der Waals surface area contributed by atoms with E-state index in [-0.39, 0.29) is 23.0 Å². The molecule has 5 rings (SSSR count). The van der Waals surface area contributed by atoms with E-state index in [1.54, 1.807) is 6.07 Å². The van der Waals surface area contributed by atoms with Crippen LogP contribution in [0.5, 0.6) is 0 Å². The van der Waals surface area contributed by atoms with Crippen LogP contribution in [0.1, 0.15) is 101 Å². The lowest BCUT2D eigenvalue weighted by atomic mass is 9.72. The Morgan fingerprint density at radius 2 is 1.67 bits per heavy atom. The van der Waals surface area contributed by atoms with E-state index in [1.165, 1.54) is 19.3 Å². The molecule has 36 heavy (non-hydrogen) atoms. The van der Waals surface area contributed by atoms with Gasteiger partial charge in [-0.05, 0) is 97.9 Å². The minimum atomic E-state index is -1.94. The monoisotopic (exact) mass is 503 g/mol. The molecule has 1 nitrogen and oxygen atoms in total. The van der Waals surface area contributed by atoms with Crippen LogP contribution < -0.4 is 5.32 Å². The maximum absolute atomic E-state index is 15.7. The molecule has 198 valence electrons. The molecule has 5 heteroatoms. The third-order valence-corrected chi connectivity index (χ3v) is 9.49. The van der Waals surface area contributed by atoms with Crippen LogP contribution >= 0.6 is 0 Å². The molecular weight excluding hydrogens is 462 g/mol. The Morgan fingerprint density at radius 1 is 0.944 bits per heavy atom. The number of hydrogen-bond donors (Lipinski definition) is 1. The van der Waals surface area contributed by atoms with Crippen molar-refractivity contribution in [3.05, 3.63) is 51.6 Å². The van der Waals surface area contributed by atoms with Gasteiger partial charge in [-0.25, -0.2) is 17.6 Å². The molecule has 3 atom stereocenters. The van der Waals surface area contributed by atoms with Crippen LogP contribution in [-0.4, -0.2) is 25.4 Å². The van der Waals surface area contributed by atoms with E-state index in [1.807, 2.05) is 13.1 Å². The Morgan fingerprint density at radius 3 is 2.28 bits per heavy atom. The number of nitrogens with one attached hydrogen (secondary N) is 1. The molecule has 1 N–H and O–H groups in total. The molecule has 1 aromatic rings. The zero-order valence-corrected chi connectivity index (χ0v) is 22.0. The number of allylic oxidation sites excluding steroid dienone is 4. The van der Waals surface area contributed by atoms with Crippen LogP contribution in [0.4, 0.5) is 17.6 Å². The average molecular weight is 504 g/mol. The summed E-state index contributed by atoms with van der Waals surface area (Å²) in [7, 11) is 1.93. The molecule has 0 aliphatic heterocycles. The van der Waals surface area contributed by atoms with Gasteiger partial charge >= 0.3 is 0 Å². The molecule has 4 aliphatic carbocycles. The summed E-state index contributed by atoms with van der Waals surface area (Å²) in [6.07, 6.45) is 8.22. The number of rotatable bonds is 8. The molecule has 0 aromatic heterocycles. The van der Waals surface area contributed by atoms with Gasteiger partial charge in [0.25, 0.3) is 0 Å². The summed E-state index contributed by atoms with van der Waals surface area (Å²) in [6, 6.07) is 2.17. The highest BCUT2D eigenvalue weighted by Crippen LogP contribution is 2.49.